The Hall–Kier alpha value is -1.72. The van der Waals surface area contributed by atoms with Crippen LogP contribution in [0, 0.1) is 5.41 Å². The molecule has 1 aromatic heterocycles. The predicted molar refractivity (Wildman–Crippen MR) is 90.9 cm³/mol. The number of halogens is 2. The lowest BCUT2D eigenvalue weighted by Gasteiger charge is -2.14. The van der Waals surface area contributed by atoms with E-state index < -0.39 is 21.6 Å². The van der Waals surface area contributed by atoms with Crippen LogP contribution in [-0.2, 0) is 14.3 Å². The van der Waals surface area contributed by atoms with E-state index >= 15 is 0 Å². The van der Waals surface area contributed by atoms with Crippen molar-refractivity contribution >= 4 is 46.0 Å². The molecule has 5 nitrogen and oxygen atoms in total. The molecule has 7 heteroatoms. The van der Waals surface area contributed by atoms with E-state index in [-0.39, 0.29) is 12.6 Å². The third kappa shape index (κ3) is 3.10. The molecule has 24 heavy (non-hydrogen) atoms. The Kier molecular flexibility index (Phi) is 4.26. The van der Waals surface area contributed by atoms with Crippen LogP contribution in [0.4, 0.5) is 0 Å². The molecule has 0 aliphatic heterocycles. The number of carbonyl (C=O) groups is 2. The SMILES string of the molecule is C[C@H](NC(=O)COC(=O)[C@@]1(C)CC1(Cl)Cl)c1cc2ccccc2o1. The smallest absolute Gasteiger partial charge is 0.315 e. The van der Waals surface area contributed by atoms with Crippen LogP contribution in [0.3, 0.4) is 0 Å². The van der Waals surface area contributed by atoms with Gasteiger partial charge in [-0.05, 0) is 26.0 Å². The van der Waals surface area contributed by atoms with Gasteiger partial charge < -0.3 is 14.5 Å². The maximum atomic E-state index is 12.0. The van der Waals surface area contributed by atoms with Crippen LogP contribution in [0.15, 0.2) is 34.7 Å². The van der Waals surface area contributed by atoms with Gasteiger partial charge in [0.1, 0.15) is 21.1 Å². The van der Waals surface area contributed by atoms with E-state index in [2.05, 4.69) is 5.32 Å². The second kappa shape index (κ2) is 5.97. The predicted octanol–water partition coefficient (Wildman–Crippen LogP) is 3.74. The molecule has 2 aromatic rings. The Morgan fingerprint density at radius 1 is 1.38 bits per heavy atom. The number of nitrogens with one attached hydrogen (secondary N) is 1. The summed E-state index contributed by atoms with van der Waals surface area (Å²) in [6.07, 6.45) is 0.318. The quantitative estimate of drug-likeness (QED) is 0.643. The van der Waals surface area contributed by atoms with Crippen molar-refractivity contribution in [1.82, 2.24) is 5.32 Å². The van der Waals surface area contributed by atoms with E-state index in [1.807, 2.05) is 30.3 Å². The summed E-state index contributed by atoms with van der Waals surface area (Å²) < 4.78 is 9.59. The number of amides is 1. The Bertz CT molecular complexity index is 768. The highest BCUT2D eigenvalue weighted by Crippen LogP contribution is 2.64. The van der Waals surface area contributed by atoms with Gasteiger partial charge in [-0.25, -0.2) is 0 Å². The molecule has 1 heterocycles. The third-order valence-electron chi connectivity index (χ3n) is 4.29. The Balaban J connectivity index is 1.54. The van der Waals surface area contributed by atoms with E-state index in [0.717, 1.165) is 11.0 Å². The summed E-state index contributed by atoms with van der Waals surface area (Å²) in [5, 5.41) is 3.69. The van der Waals surface area contributed by atoms with E-state index in [1.54, 1.807) is 13.8 Å². The highest BCUT2D eigenvalue weighted by molar-refractivity contribution is 6.53. The molecule has 0 bridgehead atoms. The lowest BCUT2D eigenvalue weighted by atomic mass is 10.1. The zero-order chi connectivity index (χ0) is 17.5. The first kappa shape index (κ1) is 17.1. The van der Waals surface area contributed by atoms with E-state index in [1.165, 1.54) is 0 Å². The van der Waals surface area contributed by atoms with Gasteiger partial charge in [0.25, 0.3) is 5.91 Å². The molecule has 1 aliphatic carbocycles. The van der Waals surface area contributed by atoms with Gasteiger partial charge in [-0.15, -0.1) is 23.2 Å². The molecule has 1 N–H and O–H groups in total. The minimum absolute atomic E-state index is 0.318. The zero-order valence-electron chi connectivity index (χ0n) is 13.3. The summed E-state index contributed by atoms with van der Waals surface area (Å²) in [7, 11) is 0. The van der Waals surface area contributed by atoms with Gasteiger partial charge in [-0.2, -0.15) is 0 Å². The van der Waals surface area contributed by atoms with E-state index in [0.29, 0.717) is 12.2 Å². The first-order valence-corrected chi connectivity index (χ1v) is 8.31. The topological polar surface area (TPSA) is 68.5 Å². The van der Waals surface area contributed by atoms with Gasteiger partial charge in [0, 0.05) is 11.8 Å². The van der Waals surface area contributed by atoms with Crippen molar-refractivity contribution in [2.45, 2.75) is 30.6 Å². The Morgan fingerprint density at radius 2 is 2.04 bits per heavy atom. The van der Waals surface area contributed by atoms with Crippen molar-refractivity contribution in [3.63, 3.8) is 0 Å². The number of fused-ring (bicyclic) bond motifs is 1. The first-order valence-electron chi connectivity index (χ1n) is 7.56. The van der Waals surface area contributed by atoms with Crippen molar-refractivity contribution in [3.8, 4) is 0 Å². The van der Waals surface area contributed by atoms with Gasteiger partial charge in [-0.3, -0.25) is 9.59 Å². The second-order valence-electron chi connectivity index (χ2n) is 6.27. The molecule has 0 saturated heterocycles. The molecule has 0 spiro atoms. The standard InChI is InChI=1S/C17H17Cl2NO4/c1-10(13-7-11-5-3-4-6-12(11)24-13)20-14(21)8-23-15(22)16(2)9-17(16,18)19/h3-7,10H,8-9H2,1-2H3,(H,20,21)/t10-,16+/m0/s1. The van der Waals surface area contributed by atoms with Gasteiger partial charge in [-0.1, -0.05) is 18.2 Å². The number of ether oxygens (including phenoxy) is 1. The number of hydrogen-bond acceptors (Lipinski definition) is 4. The Morgan fingerprint density at radius 3 is 2.67 bits per heavy atom. The molecular formula is C17H17Cl2NO4. The molecule has 1 saturated carbocycles. The molecular weight excluding hydrogens is 353 g/mol. The Labute approximate surface area is 149 Å². The highest BCUT2D eigenvalue weighted by Gasteiger charge is 2.69. The minimum Gasteiger partial charge on any atom is -0.459 e. The molecule has 128 valence electrons. The summed E-state index contributed by atoms with van der Waals surface area (Å²) in [5.74, 6) is -0.361. The molecule has 3 rings (SSSR count). The second-order valence-corrected chi connectivity index (χ2v) is 7.75. The average molecular weight is 370 g/mol. The average Bonchev–Trinajstić information content (AvgIpc) is 2.87. The number of benzene rings is 1. The molecule has 0 unspecified atom stereocenters. The van der Waals surface area contributed by atoms with Crippen LogP contribution in [0.1, 0.15) is 32.1 Å². The summed E-state index contributed by atoms with van der Waals surface area (Å²) in [6.45, 7) is 3.02. The molecule has 2 atom stereocenters. The maximum absolute atomic E-state index is 12.0. The minimum atomic E-state index is -1.11. The van der Waals surface area contributed by atoms with Crippen molar-refractivity contribution in [2.24, 2.45) is 5.41 Å². The van der Waals surface area contributed by atoms with Gasteiger partial charge in [0.15, 0.2) is 6.61 Å². The van der Waals surface area contributed by atoms with Crippen LogP contribution < -0.4 is 5.32 Å². The maximum Gasteiger partial charge on any atom is 0.315 e. The fraction of sp³-hybridized carbons (Fsp3) is 0.412. The summed E-state index contributed by atoms with van der Waals surface area (Å²) in [6, 6.07) is 9.10. The number of esters is 1. The van der Waals surface area contributed by atoms with E-state index in [9.17, 15) is 9.59 Å². The van der Waals surface area contributed by atoms with Crippen LogP contribution in [-0.4, -0.2) is 22.8 Å². The number of furan rings is 1. The molecule has 1 aromatic carbocycles. The van der Waals surface area contributed by atoms with Crippen molar-refractivity contribution in [2.75, 3.05) is 6.61 Å². The number of alkyl halides is 2. The van der Waals surface area contributed by atoms with Gasteiger partial charge >= 0.3 is 5.97 Å². The normalized spacial score (nSPS) is 22.8. The van der Waals surface area contributed by atoms with Crippen molar-refractivity contribution in [1.29, 1.82) is 0 Å². The van der Waals surface area contributed by atoms with Gasteiger partial charge in [0.2, 0.25) is 0 Å². The first-order chi connectivity index (χ1) is 11.2. The third-order valence-corrected chi connectivity index (χ3v) is 5.39. The van der Waals surface area contributed by atoms with Crippen LogP contribution >= 0.6 is 23.2 Å². The summed E-state index contributed by atoms with van der Waals surface area (Å²) in [5.41, 5.74) is -0.192. The van der Waals surface area contributed by atoms with Crippen LogP contribution in [0.2, 0.25) is 0 Å². The number of carbonyl (C=O) groups excluding carboxylic acids is 2. The fourth-order valence-electron chi connectivity index (χ4n) is 2.48. The van der Waals surface area contributed by atoms with Gasteiger partial charge in [0.05, 0.1) is 6.04 Å². The lowest BCUT2D eigenvalue weighted by molar-refractivity contribution is -0.153. The number of rotatable bonds is 5. The monoisotopic (exact) mass is 369 g/mol. The number of hydrogen-bond donors (Lipinski definition) is 1. The largest absolute Gasteiger partial charge is 0.459 e. The van der Waals surface area contributed by atoms with Crippen molar-refractivity contribution < 1.29 is 18.7 Å². The number of para-hydroxylation sites is 1. The zero-order valence-corrected chi connectivity index (χ0v) is 14.8. The summed E-state index contributed by atoms with van der Waals surface area (Å²) in [4.78, 5) is 23.9. The molecule has 0 radical (unpaired) electrons. The van der Waals surface area contributed by atoms with Crippen LogP contribution in [0.25, 0.3) is 11.0 Å². The summed E-state index contributed by atoms with van der Waals surface area (Å²) >= 11 is 11.8. The molecule has 1 aliphatic rings. The van der Waals surface area contributed by atoms with Crippen LogP contribution in [0.5, 0.6) is 0 Å². The van der Waals surface area contributed by atoms with E-state index in [4.69, 9.17) is 32.4 Å². The lowest BCUT2D eigenvalue weighted by Crippen LogP contribution is -2.32. The fourth-order valence-corrected chi connectivity index (χ4v) is 3.17. The molecule has 1 fully saturated rings. The highest BCUT2D eigenvalue weighted by atomic mass is 35.5. The van der Waals surface area contributed by atoms with Crippen molar-refractivity contribution in [3.05, 3.63) is 36.1 Å². The molecule has 1 amide bonds.